The summed E-state index contributed by atoms with van der Waals surface area (Å²) in [6.07, 6.45) is 5.35. The number of aromatic amines is 1. The van der Waals surface area contributed by atoms with Crippen molar-refractivity contribution in [2.45, 2.75) is 31.2 Å². The Kier molecular flexibility index (Phi) is 6.56. The molecule has 3 atom stereocenters. The second kappa shape index (κ2) is 10.1. The predicted octanol–water partition coefficient (Wildman–Crippen LogP) is 3.78. The number of nitriles is 2. The molecular weight excluding hydrogens is 466 g/mol. The molecule has 0 bridgehead atoms. The molecule has 1 saturated heterocycles. The molecule has 4 heterocycles. The van der Waals surface area contributed by atoms with E-state index >= 15 is 4.39 Å². The zero-order valence-electron chi connectivity index (χ0n) is 19.2. The van der Waals surface area contributed by atoms with Gasteiger partial charge in [-0.2, -0.15) is 15.6 Å². The van der Waals surface area contributed by atoms with Crippen LogP contribution in [0.4, 0.5) is 8.78 Å². The third-order valence-electron chi connectivity index (χ3n) is 6.25. The number of aromatic nitrogens is 5. The summed E-state index contributed by atoms with van der Waals surface area (Å²) in [5.74, 6) is -0.464. The fraction of sp³-hybridized carbons (Fsp3) is 0.320. The highest BCUT2D eigenvalue weighted by Crippen LogP contribution is 2.27. The summed E-state index contributed by atoms with van der Waals surface area (Å²) >= 11 is 0. The summed E-state index contributed by atoms with van der Waals surface area (Å²) in [6.45, 7) is 1.08. The number of nitrogens with one attached hydrogen (secondary N) is 1. The molecule has 11 heteroatoms. The van der Waals surface area contributed by atoms with Crippen LogP contribution < -0.4 is 4.74 Å². The predicted molar refractivity (Wildman–Crippen MR) is 126 cm³/mol. The van der Waals surface area contributed by atoms with E-state index in [9.17, 15) is 9.65 Å². The molecule has 9 nitrogen and oxygen atoms in total. The van der Waals surface area contributed by atoms with E-state index < -0.39 is 18.1 Å². The lowest BCUT2D eigenvalue weighted by Crippen LogP contribution is -2.48. The fourth-order valence-electron chi connectivity index (χ4n) is 4.52. The van der Waals surface area contributed by atoms with Crippen LogP contribution in [0.25, 0.3) is 22.3 Å². The summed E-state index contributed by atoms with van der Waals surface area (Å²) in [4.78, 5) is 13.6. The number of rotatable bonds is 7. The molecule has 4 aromatic rings. The van der Waals surface area contributed by atoms with Crippen LogP contribution in [0, 0.1) is 28.5 Å². The SMILES string of the molecule is N#CCC(CN1CCC(Oc2cc(F)cc(C#N)c2)C(F)C1)n1cc(-c2ncnc3[nH]ccc23)cn1. The Balaban J connectivity index is 1.26. The summed E-state index contributed by atoms with van der Waals surface area (Å²) in [7, 11) is 0. The van der Waals surface area contributed by atoms with E-state index in [-0.39, 0.29) is 30.3 Å². The van der Waals surface area contributed by atoms with Crippen molar-refractivity contribution in [3.63, 3.8) is 0 Å². The zero-order chi connectivity index (χ0) is 25.1. The second-order valence-corrected chi connectivity index (χ2v) is 8.70. The van der Waals surface area contributed by atoms with Crippen molar-refractivity contribution in [2.75, 3.05) is 19.6 Å². The third kappa shape index (κ3) is 4.88. The van der Waals surface area contributed by atoms with Gasteiger partial charge in [0.15, 0.2) is 0 Å². The number of fused-ring (bicyclic) bond motifs is 1. The van der Waals surface area contributed by atoms with Crippen LogP contribution in [-0.4, -0.2) is 61.5 Å². The van der Waals surface area contributed by atoms with Gasteiger partial charge in [0.1, 0.15) is 35.8 Å². The Morgan fingerprint density at radius 3 is 2.94 bits per heavy atom. The highest BCUT2D eigenvalue weighted by atomic mass is 19.1. The Morgan fingerprint density at radius 2 is 2.14 bits per heavy atom. The van der Waals surface area contributed by atoms with Crippen LogP contribution in [0.5, 0.6) is 5.75 Å². The third-order valence-corrected chi connectivity index (χ3v) is 6.25. The number of likely N-dealkylation sites (tertiary alicyclic amines) is 1. The van der Waals surface area contributed by atoms with Crippen molar-refractivity contribution in [1.82, 2.24) is 29.6 Å². The maximum absolute atomic E-state index is 15.0. The summed E-state index contributed by atoms with van der Waals surface area (Å²) in [5.41, 5.74) is 2.38. The summed E-state index contributed by atoms with van der Waals surface area (Å²) in [5, 5.41) is 23.8. The van der Waals surface area contributed by atoms with Crippen LogP contribution in [0.1, 0.15) is 24.4 Å². The van der Waals surface area contributed by atoms with Gasteiger partial charge in [-0.1, -0.05) is 0 Å². The number of nitrogens with zero attached hydrogens (tertiary/aromatic N) is 7. The standard InChI is InChI=1S/C25H22F2N8O/c26-18-7-16(10-29)8-20(9-18)36-23-3-6-34(14-22(23)27)13-19(1-4-28)35-12-17(11-33-35)24-21-2-5-30-25(21)32-15-31-24/h2,5,7-9,11-12,15,19,22-23H,1,3,6,13-14H2,(H,30,31,32). The molecular formula is C25H22F2N8O. The molecule has 182 valence electrons. The average Bonchev–Trinajstić information content (AvgIpc) is 3.55. The molecule has 3 aromatic heterocycles. The topological polar surface area (TPSA) is 119 Å². The van der Waals surface area contributed by atoms with Gasteiger partial charge >= 0.3 is 0 Å². The van der Waals surface area contributed by atoms with Crippen LogP contribution in [0.15, 0.2) is 49.2 Å². The number of piperidine rings is 1. The van der Waals surface area contributed by atoms with E-state index in [1.165, 1.54) is 12.4 Å². The Morgan fingerprint density at radius 1 is 1.25 bits per heavy atom. The number of halogens is 2. The smallest absolute Gasteiger partial charge is 0.149 e. The van der Waals surface area contributed by atoms with E-state index in [1.54, 1.807) is 17.1 Å². The van der Waals surface area contributed by atoms with Gasteiger partial charge in [0, 0.05) is 49.0 Å². The molecule has 0 aliphatic carbocycles. The number of alkyl halides is 1. The minimum atomic E-state index is -1.31. The van der Waals surface area contributed by atoms with Crippen molar-refractivity contribution in [3.8, 4) is 29.1 Å². The van der Waals surface area contributed by atoms with Crippen LogP contribution >= 0.6 is 0 Å². The summed E-state index contributed by atoms with van der Waals surface area (Å²) in [6, 6.07) is 9.34. The number of benzene rings is 1. The molecule has 0 spiro atoms. The second-order valence-electron chi connectivity index (χ2n) is 8.70. The van der Waals surface area contributed by atoms with Gasteiger partial charge in [0.2, 0.25) is 0 Å². The first-order valence-corrected chi connectivity index (χ1v) is 11.5. The van der Waals surface area contributed by atoms with Gasteiger partial charge in [0.05, 0.1) is 42.1 Å². The highest BCUT2D eigenvalue weighted by Gasteiger charge is 2.32. The highest BCUT2D eigenvalue weighted by molar-refractivity contribution is 5.89. The maximum atomic E-state index is 15.0. The summed E-state index contributed by atoms with van der Waals surface area (Å²) < 4.78 is 36.1. The van der Waals surface area contributed by atoms with E-state index in [1.807, 2.05) is 23.2 Å². The molecule has 5 rings (SSSR count). The first-order chi connectivity index (χ1) is 17.5. The van der Waals surface area contributed by atoms with Gasteiger partial charge in [-0.25, -0.2) is 18.7 Å². The van der Waals surface area contributed by atoms with Gasteiger partial charge in [-0.3, -0.25) is 9.58 Å². The van der Waals surface area contributed by atoms with Crippen LogP contribution in [0.3, 0.4) is 0 Å². The Bertz CT molecular complexity index is 1450. The first kappa shape index (κ1) is 23.4. The van der Waals surface area contributed by atoms with E-state index in [0.717, 1.165) is 34.4 Å². The molecule has 1 N–H and O–H groups in total. The van der Waals surface area contributed by atoms with Gasteiger partial charge in [0.25, 0.3) is 0 Å². The van der Waals surface area contributed by atoms with Gasteiger partial charge in [-0.15, -0.1) is 0 Å². The average molecular weight is 489 g/mol. The number of H-pyrrole nitrogens is 1. The van der Waals surface area contributed by atoms with Crippen molar-refractivity contribution >= 4 is 11.0 Å². The van der Waals surface area contributed by atoms with Crippen LogP contribution in [0.2, 0.25) is 0 Å². The maximum Gasteiger partial charge on any atom is 0.149 e. The van der Waals surface area contributed by atoms with E-state index in [0.29, 0.717) is 19.5 Å². The van der Waals surface area contributed by atoms with Crippen molar-refractivity contribution in [1.29, 1.82) is 10.5 Å². The minimum absolute atomic E-state index is 0.108. The Hall–Kier alpha value is -4.35. The fourth-order valence-corrected chi connectivity index (χ4v) is 4.52. The molecule has 0 saturated carbocycles. The molecule has 0 amide bonds. The molecule has 36 heavy (non-hydrogen) atoms. The molecule has 1 aromatic carbocycles. The monoisotopic (exact) mass is 488 g/mol. The quantitative estimate of drug-likeness (QED) is 0.420. The molecule has 0 radical (unpaired) electrons. The molecule has 3 unspecified atom stereocenters. The normalized spacial score (nSPS) is 19.0. The van der Waals surface area contributed by atoms with Crippen LogP contribution in [-0.2, 0) is 0 Å². The number of ether oxygens (including phenoxy) is 1. The van der Waals surface area contributed by atoms with Gasteiger partial charge in [-0.05, 0) is 24.6 Å². The minimum Gasteiger partial charge on any atom is -0.487 e. The lowest BCUT2D eigenvalue weighted by molar-refractivity contribution is 0.0167. The van der Waals surface area contributed by atoms with E-state index in [4.69, 9.17) is 10.00 Å². The lowest BCUT2D eigenvalue weighted by Gasteiger charge is -2.36. The number of hydrogen-bond donors (Lipinski definition) is 1. The van der Waals surface area contributed by atoms with Crippen molar-refractivity contribution in [2.24, 2.45) is 0 Å². The molecule has 1 aliphatic heterocycles. The molecule has 1 fully saturated rings. The van der Waals surface area contributed by atoms with Crippen molar-refractivity contribution in [3.05, 3.63) is 60.6 Å². The van der Waals surface area contributed by atoms with E-state index in [2.05, 4.69) is 26.1 Å². The molecule has 1 aliphatic rings. The number of hydrogen-bond acceptors (Lipinski definition) is 7. The van der Waals surface area contributed by atoms with Gasteiger partial charge < -0.3 is 9.72 Å². The largest absolute Gasteiger partial charge is 0.487 e. The van der Waals surface area contributed by atoms with Crippen molar-refractivity contribution < 1.29 is 13.5 Å². The Labute approximate surface area is 205 Å². The lowest BCUT2D eigenvalue weighted by atomic mass is 10.0. The zero-order valence-corrected chi connectivity index (χ0v) is 19.2. The first-order valence-electron chi connectivity index (χ1n) is 11.5.